The molecule has 0 fully saturated rings. The lowest BCUT2D eigenvalue weighted by Gasteiger charge is -2.19. The number of rotatable bonds is 4. The van der Waals surface area contributed by atoms with Crippen LogP contribution in [0.2, 0.25) is 0 Å². The highest BCUT2D eigenvalue weighted by atomic mass is 16.3. The topological polar surface area (TPSA) is 54.6 Å². The van der Waals surface area contributed by atoms with E-state index in [2.05, 4.69) is 43.4 Å². The van der Waals surface area contributed by atoms with E-state index in [0.717, 1.165) is 5.56 Å². The summed E-state index contributed by atoms with van der Waals surface area (Å²) in [4.78, 5) is 11.8. The van der Waals surface area contributed by atoms with Gasteiger partial charge in [-0.15, -0.1) is 0 Å². The zero-order valence-electron chi connectivity index (χ0n) is 12.6. The van der Waals surface area contributed by atoms with Gasteiger partial charge in [0, 0.05) is 0 Å². The second kappa shape index (κ2) is 6.39. The average Bonchev–Trinajstić information content (AvgIpc) is 2.91. The summed E-state index contributed by atoms with van der Waals surface area (Å²) in [6.45, 7) is 6.49. The number of hydrazone groups is 1. The molecule has 0 atom stereocenters. The summed E-state index contributed by atoms with van der Waals surface area (Å²) in [6, 6.07) is 11.6. The summed E-state index contributed by atoms with van der Waals surface area (Å²) in [6.07, 6.45) is 3.33. The molecule has 0 radical (unpaired) electrons. The van der Waals surface area contributed by atoms with Gasteiger partial charge in [-0.2, -0.15) is 5.10 Å². The smallest absolute Gasteiger partial charge is 0.244 e. The van der Waals surface area contributed by atoms with Crippen molar-refractivity contribution in [3.8, 4) is 0 Å². The van der Waals surface area contributed by atoms with E-state index in [1.807, 2.05) is 12.1 Å². The van der Waals surface area contributed by atoms with Crippen LogP contribution in [0.3, 0.4) is 0 Å². The number of carbonyl (C=O) groups is 1. The van der Waals surface area contributed by atoms with E-state index in [0.29, 0.717) is 12.2 Å². The number of nitrogens with one attached hydrogen (secondary N) is 1. The Morgan fingerprint density at radius 2 is 1.95 bits per heavy atom. The fourth-order valence-corrected chi connectivity index (χ4v) is 1.88. The van der Waals surface area contributed by atoms with E-state index < -0.39 is 0 Å². The number of furan rings is 1. The Labute approximate surface area is 124 Å². The third-order valence-electron chi connectivity index (χ3n) is 3.11. The van der Waals surface area contributed by atoms with Crippen molar-refractivity contribution in [3.05, 3.63) is 59.5 Å². The third-order valence-corrected chi connectivity index (χ3v) is 3.11. The summed E-state index contributed by atoms with van der Waals surface area (Å²) in [7, 11) is 0. The van der Waals surface area contributed by atoms with Crippen LogP contribution in [0, 0.1) is 0 Å². The van der Waals surface area contributed by atoms with Gasteiger partial charge in [0.25, 0.3) is 0 Å². The lowest BCUT2D eigenvalue weighted by atomic mass is 9.86. The molecule has 4 heteroatoms. The van der Waals surface area contributed by atoms with Crippen molar-refractivity contribution in [2.45, 2.75) is 32.6 Å². The second-order valence-electron chi connectivity index (χ2n) is 5.93. The highest BCUT2D eigenvalue weighted by molar-refractivity contribution is 5.81. The Balaban J connectivity index is 1.88. The van der Waals surface area contributed by atoms with Gasteiger partial charge < -0.3 is 4.42 Å². The monoisotopic (exact) mass is 284 g/mol. The molecule has 1 amide bonds. The summed E-state index contributed by atoms with van der Waals surface area (Å²) in [5.41, 5.74) is 4.82. The average molecular weight is 284 g/mol. The quantitative estimate of drug-likeness (QED) is 0.692. The fourth-order valence-electron chi connectivity index (χ4n) is 1.88. The normalized spacial score (nSPS) is 11.8. The maximum absolute atomic E-state index is 11.8. The Morgan fingerprint density at radius 3 is 2.52 bits per heavy atom. The van der Waals surface area contributed by atoms with Gasteiger partial charge in [-0.25, -0.2) is 5.43 Å². The lowest BCUT2D eigenvalue weighted by Crippen LogP contribution is -2.20. The van der Waals surface area contributed by atoms with Crippen LogP contribution in [0.5, 0.6) is 0 Å². The summed E-state index contributed by atoms with van der Waals surface area (Å²) in [5.74, 6) is 0.450. The van der Waals surface area contributed by atoms with E-state index in [4.69, 9.17) is 4.42 Å². The van der Waals surface area contributed by atoms with E-state index in [1.165, 1.54) is 11.8 Å². The first-order chi connectivity index (χ1) is 9.95. The predicted octanol–water partition coefficient (Wildman–Crippen LogP) is 3.27. The first kappa shape index (κ1) is 15.0. The highest BCUT2D eigenvalue weighted by Crippen LogP contribution is 2.22. The minimum absolute atomic E-state index is 0.119. The number of carbonyl (C=O) groups excluding carboxylic acids is 1. The van der Waals surface area contributed by atoms with Crippen molar-refractivity contribution in [2.75, 3.05) is 0 Å². The molecule has 2 aromatic rings. The molecule has 1 aromatic heterocycles. The van der Waals surface area contributed by atoms with Crippen LogP contribution in [0.25, 0.3) is 0 Å². The van der Waals surface area contributed by atoms with Gasteiger partial charge in [-0.3, -0.25) is 4.79 Å². The van der Waals surface area contributed by atoms with Crippen LogP contribution in [-0.2, 0) is 16.6 Å². The largest absolute Gasteiger partial charge is 0.463 e. The molecule has 0 aliphatic carbocycles. The molecule has 2 rings (SSSR count). The summed E-state index contributed by atoms with van der Waals surface area (Å²) < 4.78 is 5.08. The summed E-state index contributed by atoms with van der Waals surface area (Å²) in [5, 5.41) is 3.85. The first-order valence-electron chi connectivity index (χ1n) is 6.90. The number of amides is 1. The Kier molecular flexibility index (Phi) is 4.58. The van der Waals surface area contributed by atoms with Gasteiger partial charge >= 0.3 is 0 Å². The Hall–Kier alpha value is -2.36. The molecule has 0 bridgehead atoms. The highest BCUT2D eigenvalue weighted by Gasteiger charge is 2.13. The van der Waals surface area contributed by atoms with Crippen molar-refractivity contribution in [1.82, 2.24) is 5.43 Å². The fraction of sp³-hybridized carbons (Fsp3) is 0.294. The van der Waals surface area contributed by atoms with Gasteiger partial charge in [0.1, 0.15) is 5.76 Å². The molecule has 1 heterocycles. The van der Waals surface area contributed by atoms with Crippen molar-refractivity contribution in [1.29, 1.82) is 0 Å². The molecule has 0 aliphatic rings. The van der Waals surface area contributed by atoms with Crippen LogP contribution in [0.1, 0.15) is 37.7 Å². The third kappa shape index (κ3) is 4.60. The number of nitrogens with zero attached hydrogens (tertiary/aromatic N) is 1. The molecule has 110 valence electrons. The molecule has 0 saturated heterocycles. The molecule has 0 unspecified atom stereocenters. The van der Waals surface area contributed by atoms with Gasteiger partial charge in [-0.1, -0.05) is 45.0 Å². The number of hydrogen-bond acceptors (Lipinski definition) is 3. The van der Waals surface area contributed by atoms with Crippen molar-refractivity contribution in [3.63, 3.8) is 0 Å². The van der Waals surface area contributed by atoms with Crippen molar-refractivity contribution >= 4 is 12.1 Å². The maximum Gasteiger partial charge on any atom is 0.244 e. The van der Waals surface area contributed by atoms with Crippen LogP contribution in [-0.4, -0.2) is 12.1 Å². The van der Waals surface area contributed by atoms with Crippen LogP contribution in [0.4, 0.5) is 0 Å². The van der Waals surface area contributed by atoms with Gasteiger partial charge in [0.05, 0.1) is 18.9 Å². The number of hydrogen-bond donors (Lipinski definition) is 1. The molecule has 0 saturated carbocycles. The van der Waals surface area contributed by atoms with Crippen LogP contribution in [0.15, 0.2) is 52.2 Å². The zero-order chi connectivity index (χ0) is 15.3. The van der Waals surface area contributed by atoms with Gasteiger partial charge in [-0.05, 0) is 28.7 Å². The molecule has 1 aromatic carbocycles. The summed E-state index contributed by atoms with van der Waals surface area (Å²) >= 11 is 0. The Morgan fingerprint density at radius 1 is 1.24 bits per heavy atom. The van der Waals surface area contributed by atoms with E-state index in [-0.39, 0.29) is 11.3 Å². The van der Waals surface area contributed by atoms with E-state index >= 15 is 0 Å². The molecule has 0 aliphatic heterocycles. The SMILES string of the molecule is CC(C)(C)c1ccc(CC(=O)N/N=C\c2ccco2)cc1. The molecule has 21 heavy (non-hydrogen) atoms. The van der Waals surface area contributed by atoms with Crippen LogP contribution < -0.4 is 5.43 Å². The van der Waals surface area contributed by atoms with E-state index in [1.54, 1.807) is 18.4 Å². The minimum atomic E-state index is -0.152. The lowest BCUT2D eigenvalue weighted by molar-refractivity contribution is -0.120. The first-order valence-corrected chi connectivity index (χ1v) is 6.90. The van der Waals surface area contributed by atoms with Gasteiger partial charge in [0.15, 0.2) is 0 Å². The van der Waals surface area contributed by atoms with Gasteiger partial charge in [0.2, 0.25) is 5.91 Å². The zero-order valence-corrected chi connectivity index (χ0v) is 12.6. The number of benzene rings is 1. The van der Waals surface area contributed by atoms with Crippen molar-refractivity contribution < 1.29 is 9.21 Å². The van der Waals surface area contributed by atoms with Crippen LogP contribution >= 0.6 is 0 Å². The molecule has 0 spiro atoms. The molecular weight excluding hydrogens is 264 g/mol. The minimum Gasteiger partial charge on any atom is -0.463 e. The predicted molar refractivity (Wildman–Crippen MR) is 83.3 cm³/mol. The standard InChI is InChI=1S/C17H20N2O2/c1-17(2,3)14-8-6-13(7-9-14)11-16(20)19-18-12-15-5-4-10-21-15/h4-10,12H,11H2,1-3H3,(H,19,20)/b18-12-. The maximum atomic E-state index is 11.8. The molecule has 4 nitrogen and oxygen atoms in total. The molecular formula is C17H20N2O2. The molecule has 1 N–H and O–H groups in total. The second-order valence-corrected chi connectivity index (χ2v) is 5.93. The van der Waals surface area contributed by atoms with E-state index in [9.17, 15) is 4.79 Å². The Bertz CT molecular complexity index is 605. The van der Waals surface area contributed by atoms with Crippen molar-refractivity contribution in [2.24, 2.45) is 5.10 Å².